The summed E-state index contributed by atoms with van der Waals surface area (Å²) in [6.45, 7) is 0.428. The number of nitrogens with zero attached hydrogens (tertiary/aromatic N) is 2. The van der Waals surface area contributed by atoms with Crippen molar-refractivity contribution in [3.8, 4) is 16.3 Å². The van der Waals surface area contributed by atoms with Gasteiger partial charge in [-0.1, -0.05) is 42.5 Å². The van der Waals surface area contributed by atoms with Gasteiger partial charge in [-0.2, -0.15) is 5.10 Å². The van der Waals surface area contributed by atoms with Crippen LogP contribution >= 0.6 is 11.3 Å². The van der Waals surface area contributed by atoms with Gasteiger partial charge in [-0.05, 0) is 29.6 Å². The van der Waals surface area contributed by atoms with Crippen molar-refractivity contribution >= 4 is 22.9 Å². The number of aromatic nitrogens is 2. The Kier molecular flexibility index (Phi) is 5.32. The molecule has 0 spiro atoms. The van der Waals surface area contributed by atoms with E-state index in [4.69, 9.17) is 4.74 Å². The van der Waals surface area contributed by atoms with E-state index in [0.717, 1.165) is 21.8 Å². The lowest BCUT2D eigenvalue weighted by molar-refractivity contribution is 0.102. The number of benzene rings is 2. The van der Waals surface area contributed by atoms with Gasteiger partial charge in [0.05, 0.1) is 22.7 Å². The minimum atomic E-state index is -0.200. The number of nitrogens with one attached hydrogen (secondary N) is 1. The maximum atomic E-state index is 13.1. The number of carbonyl (C=O) groups excluding carboxylic acids is 1. The number of amides is 1. The van der Waals surface area contributed by atoms with E-state index in [9.17, 15) is 4.79 Å². The summed E-state index contributed by atoms with van der Waals surface area (Å²) in [6.07, 6.45) is 1.78. The van der Waals surface area contributed by atoms with Crippen molar-refractivity contribution in [3.05, 3.63) is 89.4 Å². The quantitative estimate of drug-likeness (QED) is 0.505. The molecule has 0 saturated carbocycles. The smallest absolute Gasteiger partial charge is 0.259 e. The molecule has 0 saturated heterocycles. The van der Waals surface area contributed by atoms with Crippen molar-refractivity contribution in [2.24, 2.45) is 0 Å². The molecule has 0 radical (unpaired) electrons. The molecule has 0 atom stereocenters. The number of rotatable bonds is 6. The van der Waals surface area contributed by atoms with Crippen molar-refractivity contribution < 1.29 is 9.53 Å². The number of thiophene rings is 1. The lowest BCUT2D eigenvalue weighted by Gasteiger charge is -2.10. The van der Waals surface area contributed by atoms with Crippen molar-refractivity contribution in [3.63, 3.8) is 0 Å². The first-order valence-corrected chi connectivity index (χ1v) is 9.71. The third-order valence-electron chi connectivity index (χ3n) is 4.30. The van der Waals surface area contributed by atoms with Crippen LogP contribution in [0.5, 0.6) is 0 Å². The summed E-state index contributed by atoms with van der Waals surface area (Å²) in [4.78, 5) is 14.1. The molecule has 28 heavy (non-hydrogen) atoms. The molecule has 0 bridgehead atoms. The Morgan fingerprint density at radius 2 is 1.86 bits per heavy atom. The molecule has 4 rings (SSSR count). The summed E-state index contributed by atoms with van der Waals surface area (Å²) < 4.78 is 6.98. The zero-order valence-corrected chi connectivity index (χ0v) is 16.1. The van der Waals surface area contributed by atoms with Crippen molar-refractivity contribution in [2.45, 2.75) is 6.61 Å². The Hall–Kier alpha value is -3.22. The second kappa shape index (κ2) is 8.21. The molecule has 1 amide bonds. The molecule has 0 aliphatic carbocycles. The van der Waals surface area contributed by atoms with Gasteiger partial charge in [-0.25, -0.2) is 4.68 Å². The first-order valence-electron chi connectivity index (χ1n) is 8.83. The molecule has 5 nitrogen and oxygen atoms in total. The van der Waals surface area contributed by atoms with Crippen LogP contribution in [0.4, 0.5) is 5.69 Å². The molecular formula is C22H19N3O2S. The number of carbonyl (C=O) groups is 1. The molecule has 4 aromatic rings. The lowest BCUT2D eigenvalue weighted by atomic mass is 10.1. The van der Waals surface area contributed by atoms with E-state index >= 15 is 0 Å². The highest BCUT2D eigenvalue weighted by molar-refractivity contribution is 7.13. The minimum Gasteiger partial charge on any atom is -0.380 e. The third-order valence-corrected chi connectivity index (χ3v) is 5.18. The number of para-hydroxylation sites is 2. The van der Waals surface area contributed by atoms with Crippen LogP contribution in [-0.2, 0) is 11.3 Å². The fourth-order valence-electron chi connectivity index (χ4n) is 2.96. The molecule has 0 aliphatic rings. The maximum Gasteiger partial charge on any atom is 0.259 e. The lowest BCUT2D eigenvalue weighted by Crippen LogP contribution is -2.13. The molecule has 0 fully saturated rings. The molecular weight excluding hydrogens is 370 g/mol. The van der Waals surface area contributed by atoms with E-state index in [1.165, 1.54) is 0 Å². The molecule has 2 aromatic carbocycles. The summed E-state index contributed by atoms with van der Waals surface area (Å²) in [5.74, 6) is -0.200. The molecule has 6 heteroatoms. The monoisotopic (exact) mass is 389 g/mol. The van der Waals surface area contributed by atoms with E-state index in [-0.39, 0.29) is 5.91 Å². The fourth-order valence-corrected chi connectivity index (χ4v) is 3.68. The maximum absolute atomic E-state index is 13.1. The van der Waals surface area contributed by atoms with E-state index in [0.29, 0.717) is 17.9 Å². The second-order valence-electron chi connectivity index (χ2n) is 6.19. The number of ether oxygens (including phenoxy) is 1. The molecule has 0 unspecified atom stereocenters. The second-order valence-corrected chi connectivity index (χ2v) is 7.14. The van der Waals surface area contributed by atoms with Crippen LogP contribution < -0.4 is 5.32 Å². The summed E-state index contributed by atoms with van der Waals surface area (Å²) >= 11 is 1.56. The SMILES string of the molecule is COCc1ccccc1NC(=O)c1cn(-c2ccccc2)nc1-c1cccs1. The Morgan fingerprint density at radius 1 is 1.07 bits per heavy atom. The zero-order chi connectivity index (χ0) is 19.3. The highest BCUT2D eigenvalue weighted by Gasteiger charge is 2.20. The predicted octanol–water partition coefficient (Wildman–Crippen LogP) is 5.00. The summed E-state index contributed by atoms with van der Waals surface area (Å²) in [6, 6.07) is 21.3. The van der Waals surface area contributed by atoms with Crippen LogP contribution in [-0.4, -0.2) is 22.8 Å². The van der Waals surface area contributed by atoms with E-state index in [1.807, 2.05) is 72.1 Å². The van der Waals surface area contributed by atoms with Crippen LogP contribution in [0.3, 0.4) is 0 Å². The number of hydrogen-bond acceptors (Lipinski definition) is 4. The van der Waals surface area contributed by atoms with Gasteiger partial charge < -0.3 is 10.1 Å². The molecule has 2 aromatic heterocycles. The van der Waals surface area contributed by atoms with Gasteiger partial charge in [-0.15, -0.1) is 11.3 Å². The topological polar surface area (TPSA) is 56.1 Å². The highest BCUT2D eigenvalue weighted by Crippen LogP contribution is 2.29. The number of hydrogen-bond donors (Lipinski definition) is 1. The summed E-state index contributed by atoms with van der Waals surface area (Å²) in [7, 11) is 1.64. The van der Waals surface area contributed by atoms with Crippen molar-refractivity contribution in [1.82, 2.24) is 9.78 Å². The largest absolute Gasteiger partial charge is 0.380 e. The number of anilines is 1. The van der Waals surface area contributed by atoms with Gasteiger partial charge in [0.15, 0.2) is 0 Å². The highest BCUT2D eigenvalue weighted by atomic mass is 32.1. The van der Waals surface area contributed by atoms with E-state index < -0.39 is 0 Å². The predicted molar refractivity (Wildman–Crippen MR) is 112 cm³/mol. The van der Waals surface area contributed by atoms with Crippen LogP contribution in [0.25, 0.3) is 16.3 Å². The van der Waals surface area contributed by atoms with Gasteiger partial charge in [0.2, 0.25) is 0 Å². The molecule has 0 aliphatic heterocycles. The average Bonchev–Trinajstić information content (AvgIpc) is 3.40. The first-order chi connectivity index (χ1) is 13.8. The van der Waals surface area contributed by atoms with Gasteiger partial charge in [-0.3, -0.25) is 4.79 Å². The Morgan fingerprint density at radius 3 is 2.61 bits per heavy atom. The van der Waals surface area contributed by atoms with Gasteiger partial charge >= 0.3 is 0 Å². The van der Waals surface area contributed by atoms with Gasteiger partial charge in [0, 0.05) is 24.6 Å². The molecule has 2 heterocycles. The van der Waals surface area contributed by atoms with Crippen LogP contribution in [0.15, 0.2) is 78.3 Å². The Bertz CT molecular complexity index is 1070. The summed E-state index contributed by atoms with van der Waals surface area (Å²) in [5, 5.41) is 9.68. The van der Waals surface area contributed by atoms with Crippen molar-refractivity contribution in [2.75, 3.05) is 12.4 Å². The van der Waals surface area contributed by atoms with E-state index in [2.05, 4.69) is 10.4 Å². The molecule has 1 N–H and O–H groups in total. The van der Waals surface area contributed by atoms with Gasteiger partial charge in [0.25, 0.3) is 5.91 Å². The van der Waals surface area contributed by atoms with Gasteiger partial charge in [0.1, 0.15) is 5.69 Å². The number of methoxy groups -OCH3 is 1. The minimum absolute atomic E-state index is 0.200. The molecule has 140 valence electrons. The standard InChI is InChI=1S/C22H19N3O2S/c1-27-15-16-8-5-6-11-19(16)23-22(26)18-14-25(17-9-3-2-4-10-17)24-21(18)20-12-7-13-28-20/h2-14H,15H2,1H3,(H,23,26). The summed E-state index contributed by atoms with van der Waals surface area (Å²) in [5.41, 5.74) is 3.75. The third kappa shape index (κ3) is 3.74. The Balaban J connectivity index is 1.72. The van der Waals surface area contributed by atoms with Crippen LogP contribution in [0.2, 0.25) is 0 Å². The Labute approximate surface area is 167 Å². The first kappa shape index (κ1) is 18.2. The van der Waals surface area contributed by atoms with Crippen LogP contribution in [0, 0.1) is 0 Å². The van der Waals surface area contributed by atoms with Crippen molar-refractivity contribution in [1.29, 1.82) is 0 Å². The normalized spacial score (nSPS) is 10.8. The van der Waals surface area contributed by atoms with Crippen LogP contribution in [0.1, 0.15) is 15.9 Å². The fraction of sp³-hybridized carbons (Fsp3) is 0.0909. The van der Waals surface area contributed by atoms with E-state index in [1.54, 1.807) is 29.3 Å². The zero-order valence-electron chi connectivity index (χ0n) is 15.3. The average molecular weight is 389 g/mol.